The summed E-state index contributed by atoms with van der Waals surface area (Å²) in [7, 11) is 0. The first-order valence-electron chi connectivity index (χ1n) is 5.09. The van der Waals surface area contributed by atoms with Crippen molar-refractivity contribution in [3.8, 4) is 0 Å². The second-order valence-electron chi connectivity index (χ2n) is 3.37. The van der Waals surface area contributed by atoms with E-state index in [9.17, 15) is 0 Å². The molecule has 1 aromatic carbocycles. The fraction of sp³-hybridized carbons (Fsp3) is 0.231. The quantitative estimate of drug-likeness (QED) is 0.709. The third kappa shape index (κ3) is 3.48. The summed E-state index contributed by atoms with van der Waals surface area (Å²) in [4.78, 5) is 0. The van der Waals surface area contributed by atoms with Gasteiger partial charge >= 0.3 is 0 Å². The van der Waals surface area contributed by atoms with Crippen molar-refractivity contribution in [1.29, 1.82) is 0 Å². The molecule has 2 heteroatoms. The lowest BCUT2D eigenvalue weighted by molar-refractivity contribution is 0.530. The number of benzene rings is 1. The molecule has 0 unspecified atom stereocenters. The van der Waals surface area contributed by atoms with Gasteiger partial charge in [-0.1, -0.05) is 30.3 Å². The Balaban J connectivity index is 1.68. The van der Waals surface area contributed by atoms with Crippen LogP contribution in [0.4, 0.5) is 0 Å². The van der Waals surface area contributed by atoms with Gasteiger partial charge in [0.15, 0.2) is 0 Å². The van der Waals surface area contributed by atoms with Crippen molar-refractivity contribution in [1.82, 2.24) is 0 Å². The molecule has 1 heterocycles. The van der Waals surface area contributed by atoms with Crippen LogP contribution >= 0.6 is 11.8 Å². The molecule has 1 aromatic heterocycles. The van der Waals surface area contributed by atoms with Gasteiger partial charge in [0.1, 0.15) is 5.76 Å². The zero-order valence-corrected chi connectivity index (χ0v) is 9.37. The molecule has 0 radical (unpaired) electrons. The Labute approximate surface area is 94.5 Å². The van der Waals surface area contributed by atoms with Crippen LogP contribution < -0.4 is 0 Å². The average molecular weight is 218 g/mol. The number of aryl methyl sites for hydroxylation is 1. The van der Waals surface area contributed by atoms with Crippen LogP contribution in [-0.4, -0.2) is 5.75 Å². The Kier molecular flexibility index (Phi) is 3.92. The minimum absolute atomic E-state index is 0.972. The molecule has 0 saturated heterocycles. The fourth-order valence-corrected chi connectivity index (χ4v) is 2.29. The summed E-state index contributed by atoms with van der Waals surface area (Å²) in [5.74, 6) is 3.18. The SMILES string of the molecule is c1ccc(CCSCc2ccco2)cc1. The van der Waals surface area contributed by atoms with Crippen molar-refractivity contribution in [3.63, 3.8) is 0 Å². The maximum atomic E-state index is 5.26. The number of hydrogen-bond acceptors (Lipinski definition) is 2. The maximum absolute atomic E-state index is 5.26. The van der Waals surface area contributed by atoms with Gasteiger partial charge in [-0.3, -0.25) is 0 Å². The molecule has 0 amide bonds. The summed E-state index contributed by atoms with van der Waals surface area (Å²) in [6.45, 7) is 0. The van der Waals surface area contributed by atoms with E-state index in [0.29, 0.717) is 0 Å². The molecule has 0 aliphatic carbocycles. The van der Waals surface area contributed by atoms with Crippen LogP contribution in [0.2, 0.25) is 0 Å². The molecule has 78 valence electrons. The number of thioether (sulfide) groups is 1. The lowest BCUT2D eigenvalue weighted by atomic mass is 10.2. The molecule has 0 atom stereocenters. The molecule has 1 nitrogen and oxygen atoms in total. The van der Waals surface area contributed by atoms with E-state index in [4.69, 9.17) is 4.42 Å². The average Bonchev–Trinajstić information content (AvgIpc) is 2.79. The largest absolute Gasteiger partial charge is 0.468 e. The molecule has 0 spiro atoms. The van der Waals surface area contributed by atoms with Gasteiger partial charge in [0, 0.05) is 0 Å². The van der Waals surface area contributed by atoms with Crippen molar-refractivity contribution in [2.45, 2.75) is 12.2 Å². The van der Waals surface area contributed by atoms with E-state index >= 15 is 0 Å². The standard InChI is InChI=1S/C13H14OS/c1-2-5-12(6-3-1)8-10-15-11-13-7-4-9-14-13/h1-7,9H,8,10-11H2. The van der Waals surface area contributed by atoms with Gasteiger partial charge in [-0.2, -0.15) is 11.8 Å². The van der Waals surface area contributed by atoms with E-state index in [1.807, 2.05) is 23.9 Å². The molecule has 0 N–H and O–H groups in total. The number of rotatable bonds is 5. The molecular formula is C13H14OS. The summed E-state index contributed by atoms with van der Waals surface area (Å²) >= 11 is 1.91. The molecular weight excluding hydrogens is 204 g/mol. The summed E-state index contributed by atoms with van der Waals surface area (Å²) in [5, 5.41) is 0. The number of hydrogen-bond donors (Lipinski definition) is 0. The highest BCUT2D eigenvalue weighted by Crippen LogP contribution is 2.14. The normalized spacial score (nSPS) is 10.4. The van der Waals surface area contributed by atoms with Crippen LogP contribution in [0.3, 0.4) is 0 Å². The predicted molar refractivity (Wildman–Crippen MR) is 65.0 cm³/mol. The van der Waals surface area contributed by atoms with Crippen molar-refractivity contribution < 1.29 is 4.42 Å². The van der Waals surface area contributed by atoms with Crippen LogP contribution in [-0.2, 0) is 12.2 Å². The molecule has 0 aliphatic heterocycles. The topological polar surface area (TPSA) is 13.1 Å². The lowest BCUT2D eigenvalue weighted by Gasteiger charge is -2.00. The Morgan fingerprint density at radius 1 is 1.00 bits per heavy atom. The molecule has 2 rings (SSSR count). The van der Waals surface area contributed by atoms with Crippen LogP contribution in [0, 0.1) is 0 Å². The molecule has 0 aliphatic rings. The van der Waals surface area contributed by atoms with E-state index in [0.717, 1.165) is 23.7 Å². The van der Waals surface area contributed by atoms with Crippen LogP contribution in [0.25, 0.3) is 0 Å². The van der Waals surface area contributed by atoms with Crippen molar-refractivity contribution in [2.75, 3.05) is 5.75 Å². The van der Waals surface area contributed by atoms with E-state index in [1.165, 1.54) is 5.56 Å². The maximum Gasteiger partial charge on any atom is 0.113 e. The number of furan rings is 1. The minimum Gasteiger partial charge on any atom is -0.468 e. The van der Waals surface area contributed by atoms with Crippen LogP contribution in [0.15, 0.2) is 53.1 Å². The van der Waals surface area contributed by atoms with Gasteiger partial charge in [0.2, 0.25) is 0 Å². The van der Waals surface area contributed by atoms with Gasteiger partial charge in [-0.15, -0.1) is 0 Å². The molecule has 0 bridgehead atoms. The minimum atomic E-state index is 0.972. The first kappa shape index (κ1) is 10.4. The monoisotopic (exact) mass is 218 g/mol. The Bertz CT molecular complexity index is 367. The highest BCUT2D eigenvalue weighted by molar-refractivity contribution is 7.98. The Morgan fingerprint density at radius 2 is 1.87 bits per heavy atom. The highest BCUT2D eigenvalue weighted by atomic mass is 32.2. The van der Waals surface area contributed by atoms with Gasteiger partial charge < -0.3 is 4.42 Å². The Hall–Kier alpha value is -1.15. The summed E-state index contributed by atoms with van der Waals surface area (Å²) in [6.07, 6.45) is 2.86. The molecule has 2 aromatic rings. The molecule has 0 saturated carbocycles. The molecule has 15 heavy (non-hydrogen) atoms. The van der Waals surface area contributed by atoms with Crippen LogP contribution in [0.1, 0.15) is 11.3 Å². The summed E-state index contributed by atoms with van der Waals surface area (Å²) in [6, 6.07) is 14.5. The van der Waals surface area contributed by atoms with Gasteiger partial charge in [-0.05, 0) is 29.9 Å². The van der Waals surface area contributed by atoms with E-state index in [1.54, 1.807) is 6.26 Å². The zero-order valence-electron chi connectivity index (χ0n) is 8.56. The third-order valence-corrected chi connectivity index (χ3v) is 3.18. The third-order valence-electron chi connectivity index (χ3n) is 2.20. The summed E-state index contributed by atoms with van der Waals surface area (Å²) < 4.78 is 5.26. The highest BCUT2D eigenvalue weighted by Gasteiger charge is 1.96. The lowest BCUT2D eigenvalue weighted by Crippen LogP contribution is -1.88. The van der Waals surface area contributed by atoms with Gasteiger partial charge in [0.05, 0.1) is 12.0 Å². The van der Waals surface area contributed by atoms with Crippen molar-refractivity contribution in [3.05, 3.63) is 60.1 Å². The smallest absolute Gasteiger partial charge is 0.113 e. The fourth-order valence-electron chi connectivity index (χ4n) is 1.40. The summed E-state index contributed by atoms with van der Waals surface area (Å²) in [5.41, 5.74) is 1.41. The first-order valence-corrected chi connectivity index (χ1v) is 6.25. The second-order valence-corrected chi connectivity index (χ2v) is 4.47. The van der Waals surface area contributed by atoms with Crippen molar-refractivity contribution in [2.24, 2.45) is 0 Å². The van der Waals surface area contributed by atoms with E-state index in [-0.39, 0.29) is 0 Å². The van der Waals surface area contributed by atoms with Crippen molar-refractivity contribution >= 4 is 11.8 Å². The molecule has 0 fully saturated rings. The van der Waals surface area contributed by atoms with Gasteiger partial charge in [0.25, 0.3) is 0 Å². The second kappa shape index (κ2) is 5.66. The first-order chi connectivity index (χ1) is 7.45. The van der Waals surface area contributed by atoms with E-state index in [2.05, 4.69) is 30.3 Å². The zero-order chi connectivity index (χ0) is 10.3. The van der Waals surface area contributed by atoms with Crippen LogP contribution in [0.5, 0.6) is 0 Å². The Morgan fingerprint density at radius 3 is 2.60 bits per heavy atom. The van der Waals surface area contributed by atoms with E-state index < -0.39 is 0 Å². The predicted octanol–water partition coefficient (Wildman–Crippen LogP) is 3.76. The van der Waals surface area contributed by atoms with Gasteiger partial charge in [-0.25, -0.2) is 0 Å².